The molecular weight excluding hydrogens is 270 g/mol. The minimum Gasteiger partial charge on any atom is -0.394 e. The summed E-state index contributed by atoms with van der Waals surface area (Å²) >= 11 is 0. The Morgan fingerprint density at radius 3 is 2.33 bits per heavy atom. The van der Waals surface area contributed by atoms with Crippen LogP contribution in [-0.4, -0.2) is 72.1 Å². The van der Waals surface area contributed by atoms with Gasteiger partial charge in [0.25, 0.3) is 0 Å². The summed E-state index contributed by atoms with van der Waals surface area (Å²) in [4.78, 5) is 27.3. The number of nitrogens with one attached hydrogen (secondary N) is 1. The summed E-state index contributed by atoms with van der Waals surface area (Å²) in [5, 5.41) is 12.4. The van der Waals surface area contributed by atoms with Gasteiger partial charge in [0, 0.05) is 20.5 Å². The van der Waals surface area contributed by atoms with Gasteiger partial charge in [-0.15, -0.1) is 0 Å². The lowest BCUT2D eigenvalue weighted by Gasteiger charge is -2.39. The second kappa shape index (κ2) is 5.93. The fourth-order valence-corrected chi connectivity index (χ4v) is 3.92. The van der Waals surface area contributed by atoms with E-state index in [-0.39, 0.29) is 23.8 Å². The van der Waals surface area contributed by atoms with E-state index < -0.39 is 5.54 Å². The predicted octanol–water partition coefficient (Wildman–Crippen LogP) is -0.182. The lowest BCUT2D eigenvalue weighted by molar-refractivity contribution is -0.134. The Morgan fingerprint density at radius 2 is 1.90 bits per heavy atom. The van der Waals surface area contributed by atoms with E-state index in [1.54, 1.807) is 14.0 Å². The van der Waals surface area contributed by atoms with Crippen molar-refractivity contribution in [1.82, 2.24) is 15.1 Å². The van der Waals surface area contributed by atoms with Crippen LogP contribution < -0.4 is 5.32 Å². The number of likely N-dealkylation sites (tertiary alicyclic amines) is 2. The van der Waals surface area contributed by atoms with Crippen molar-refractivity contribution < 1.29 is 14.7 Å². The van der Waals surface area contributed by atoms with Gasteiger partial charge in [-0.05, 0) is 44.7 Å². The Balaban J connectivity index is 2.00. The molecule has 2 amide bonds. The Bertz CT molecular complexity index is 418. The van der Waals surface area contributed by atoms with Crippen molar-refractivity contribution in [3.05, 3.63) is 0 Å². The third-order valence-corrected chi connectivity index (χ3v) is 5.18. The second-order valence-electron chi connectivity index (χ2n) is 6.89. The molecule has 6 heteroatoms. The molecule has 0 unspecified atom stereocenters. The molecule has 0 saturated carbocycles. The smallest absolute Gasteiger partial charge is 0.233 e. The van der Waals surface area contributed by atoms with E-state index in [1.807, 2.05) is 11.8 Å². The summed E-state index contributed by atoms with van der Waals surface area (Å²) < 4.78 is 0. The number of amides is 2. The largest absolute Gasteiger partial charge is 0.394 e. The first-order chi connectivity index (χ1) is 9.84. The summed E-state index contributed by atoms with van der Waals surface area (Å²) in [5.41, 5.74) is -0.336. The molecule has 2 saturated heterocycles. The monoisotopic (exact) mass is 297 g/mol. The number of rotatable bonds is 3. The first-order valence-corrected chi connectivity index (χ1v) is 7.66. The van der Waals surface area contributed by atoms with Crippen LogP contribution in [0.3, 0.4) is 0 Å². The van der Waals surface area contributed by atoms with E-state index in [2.05, 4.69) is 10.2 Å². The zero-order valence-electron chi connectivity index (χ0n) is 13.3. The van der Waals surface area contributed by atoms with Crippen molar-refractivity contribution in [3.63, 3.8) is 0 Å². The molecule has 21 heavy (non-hydrogen) atoms. The number of aliphatic hydroxyl groups excluding tert-OH is 1. The molecule has 2 aliphatic rings. The van der Waals surface area contributed by atoms with E-state index in [4.69, 9.17) is 0 Å². The number of hydrogen-bond acceptors (Lipinski definition) is 4. The van der Waals surface area contributed by atoms with Gasteiger partial charge >= 0.3 is 0 Å². The summed E-state index contributed by atoms with van der Waals surface area (Å²) in [6.07, 6.45) is 2.80. The van der Waals surface area contributed by atoms with Gasteiger partial charge in [-0.1, -0.05) is 0 Å². The molecule has 0 radical (unpaired) electrons. The van der Waals surface area contributed by atoms with Crippen LogP contribution in [-0.2, 0) is 9.59 Å². The maximum Gasteiger partial charge on any atom is 0.233 e. The van der Waals surface area contributed by atoms with Crippen molar-refractivity contribution in [2.24, 2.45) is 5.41 Å². The van der Waals surface area contributed by atoms with Crippen molar-refractivity contribution in [3.8, 4) is 0 Å². The van der Waals surface area contributed by atoms with Crippen molar-refractivity contribution in [2.75, 3.05) is 39.8 Å². The average Bonchev–Trinajstić information content (AvgIpc) is 2.76. The first kappa shape index (κ1) is 16.2. The van der Waals surface area contributed by atoms with E-state index in [0.717, 1.165) is 38.9 Å². The number of carbonyl (C=O) groups excluding carboxylic acids is 2. The standard InChI is InChI=1S/C15H27N3O3/c1-12(20)18-10-15(9-14(18,2)11-19)4-6-17(7-5-15)8-13(21)16-3/h19H,4-11H2,1-3H3,(H,16,21)/t14-/m0/s1. The zero-order chi connectivity index (χ0) is 15.7. The molecule has 2 aliphatic heterocycles. The highest BCUT2D eigenvalue weighted by molar-refractivity contribution is 5.77. The second-order valence-corrected chi connectivity index (χ2v) is 6.89. The lowest BCUT2D eigenvalue weighted by Crippen LogP contribution is -2.46. The van der Waals surface area contributed by atoms with E-state index >= 15 is 0 Å². The van der Waals surface area contributed by atoms with Crippen molar-refractivity contribution in [1.29, 1.82) is 0 Å². The molecule has 0 aromatic rings. The Morgan fingerprint density at radius 1 is 1.29 bits per heavy atom. The molecule has 0 aliphatic carbocycles. The van der Waals surface area contributed by atoms with Gasteiger partial charge in [0.15, 0.2) is 0 Å². The molecule has 2 rings (SSSR count). The normalized spacial score (nSPS) is 28.9. The topological polar surface area (TPSA) is 72.9 Å². The molecule has 1 spiro atoms. The quantitative estimate of drug-likeness (QED) is 0.758. The molecule has 2 fully saturated rings. The highest BCUT2D eigenvalue weighted by atomic mass is 16.3. The maximum atomic E-state index is 11.8. The van der Waals surface area contributed by atoms with Crippen molar-refractivity contribution in [2.45, 2.75) is 38.6 Å². The van der Waals surface area contributed by atoms with Gasteiger partial charge in [-0.2, -0.15) is 0 Å². The van der Waals surface area contributed by atoms with Crippen LogP contribution in [0.25, 0.3) is 0 Å². The fourth-order valence-electron chi connectivity index (χ4n) is 3.92. The number of nitrogens with zero attached hydrogens (tertiary/aromatic N) is 2. The minimum absolute atomic E-state index is 0.0102. The molecule has 2 heterocycles. The van der Waals surface area contributed by atoms with Gasteiger partial charge in [0.2, 0.25) is 11.8 Å². The summed E-state index contributed by atoms with van der Waals surface area (Å²) in [6, 6.07) is 0. The van der Waals surface area contributed by atoms with Gasteiger partial charge in [-0.25, -0.2) is 0 Å². The van der Waals surface area contributed by atoms with Crippen molar-refractivity contribution >= 4 is 11.8 Å². The van der Waals surface area contributed by atoms with Crippen LogP contribution in [0, 0.1) is 5.41 Å². The SMILES string of the molecule is CNC(=O)CN1CCC2(CC1)CN(C(C)=O)[C@](C)(CO)C2. The van der Waals surface area contributed by atoms with Crippen LogP contribution in [0.1, 0.15) is 33.1 Å². The van der Waals surface area contributed by atoms with Crippen LogP contribution in [0.2, 0.25) is 0 Å². The lowest BCUT2D eigenvalue weighted by atomic mass is 9.74. The van der Waals surface area contributed by atoms with Gasteiger partial charge < -0.3 is 15.3 Å². The summed E-state index contributed by atoms with van der Waals surface area (Å²) in [7, 11) is 1.65. The molecule has 0 aromatic heterocycles. The zero-order valence-corrected chi connectivity index (χ0v) is 13.3. The number of piperidine rings is 1. The molecular formula is C15H27N3O3. The van der Waals surface area contributed by atoms with Crippen LogP contribution in [0.4, 0.5) is 0 Å². The third-order valence-electron chi connectivity index (χ3n) is 5.18. The Kier molecular flexibility index (Phi) is 4.58. The molecule has 0 bridgehead atoms. The predicted molar refractivity (Wildman–Crippen MR) is 79.7 cm³/mol. The molecule has 2 N–H and O–H groups in total. The number of hydrogen-bond donors (Lipinski definition) is 2. The Hall–Kier alpha value is -1.14. The highest BCUT2D eigenvalue weighted by Gasteiger charge is 2.52. The number of aliphatic hydroxyl groups is 1. The van der Waals surface area contributed by atoms with Gasteiger partial charge in [0.05, 0.1) is 18.7 Å². The van der Waals surface area contributed by atoms with Crippen LogP contribution >= 0.6 is 0 Å². The van der Waals surface area contributed by atoms with Crippen LogP contribution in [0.5, 0.6) is 0 Å². The van der Waals surface area contributed by atoms with E-state index in [1.165, 1.54) is 0 Å². The minimum atomic E-state index is -0.436. The van der Waals surface area contributed by atoms with E-state index in [0.29, 0.717) is 6.54 Å². The number of carbonyl (C=O) groups is 2. The number of likely N-dealkylation sites (N-methyl/N-ethyl adjacent to an activating group) is 1. The molecule has 0 aromatic carbocycles. The van der Waals surface area contributed by atoms with Gasteiger partial charge in [-0.3, -0.25) is 14.5 Å². The first-order valence-electron chi connectivity index (χ1n) is 7.66. The molecule has 6 nitrogen and oxygen atoms in total. The Labute approximate surface area is 126 Å². The highest BCUT2D eigenvalue weighted by Crippen LogP contribution is 2.47. The summed E-state index contributed by atoms with van der Waals surface area (Å²) in [6.45, 7) is 6.48. The molecule has 1 atom stereocenters. The van der Waals surface area contributed by atoms with E-state index in [9.17, 15) is 14.7 Å². The van der Waals surface area contributed by atoms with Crippen LogP contribution in [0.15, 0.2) is 0 Å². The summed E-state index contributed by atoms with van der Waals surface area (Å²) in [5.74, 6) is 0.0825. The third kappa shape index (κ3) is 3.21. The fraction of sp³-hybridized carbons (Fsp3) is 0.867. The maximum absolute atomic E-state index is 11.8. The van der Waals surface area contributed by atoms with Gasteiger partial charge in [0.1, 0.15) is 0 Å². The average molecular weight is 297 g/mol. The molecule has 120 valence electrons.